The van der Waals surface area contributed by atoms with Crippen molar-refractivity contribution in [2.24, 2.45) is 0 Å². The van der Waals surface area contributed by atoms with Crippen LogP contribution in [0.2, 0.25) is 0 Å². The van der Waals surface area contributed by atoms with Crippen LogP contribution in [0.25, 0.3) is 0 Å². The van der Waals surface area contributed by atoms with Crippen molar-refractivity contribution in [1.29, 1.82) is 5.26 Å². The molecular weight excluding hydrogens is 292 g/mol. The monoisotopic (exact) mass is 306 g/mol. The third-order valence-corrected chi connectivity index (χ3v) is 4.74. The van der Waals surface area contributed by atoms with Crippen LogP contribution in [0, 0.1) is 11.3 Å². The van der Waals surface area contributed by atoms with Gasteiger partial charge < -0.3 is 16.4 Å². The topological polar surface area (TPSA) is 90.9 Å². The van der Waals surface area contributed by atoms with E-state index in [1.165, 1.54) is 16.2 Å². The molecular formula is C13H14N4OS2. The van der Waals surface area contributed by atoms with Gasteiger partial charge in [-0.25, -0.2) is 0 Å². The van der Waals surface area contributed by atoms with E-state index in [4.69, 9.17) is 11.0 Å². The number of carbonyl (C=O) groups is 1. The Hall–Kier alpha value is -2.04. The molecule has 0 unspecified atom stereocenters. The maximum Gasteiger partial charge on any atom is 0.256 e. The van der Waals surface area contributed by atoms with Gasteiger partial charge in [-0.2, -0.15) is 5.26 Å². The van der Waals surface area contributed by atoms with Crippen molar-refractivity contribution in [1.82, 2.24) is 5.32 Å². The Bertz CT molecular complexity index is 640. The Morgan fingerprint density at radius 1 is 1.55 bits per heavy atom. The lowest BCUT2D eigenvalue weighted by molar-refractivity contribution is 0.0965. The molecule has 0 atom stereocenters. The average Bonchev–Trinajstić information content (AvgIpc) is 3.06. The van der Waals surface area contributed by atoms with Crippen LogP contribution in [-0.2, 0) is 6.42 Å². The Morgan fingerprint density at radius 2 is 2.35 bits per heavy atom. The zero-order valence-corrected chi connectivity index (χ0v) is 12.5. The van der Waals surface area contributed by atoms with Crippen molar-refractivity contribution in [2.75, 3.05) is 24.6 Å². The minimum Gasteiger partial charge on any atom is -0.396 e. The highest BCUT2D eigenvalue weighted by Gasteiger charge is 2.21. The van der Waals surface area contributed by atoms with Gasteiger partial charge in [0.1, 0.15) is 15.9 Å². The molecule has 0 saturated heterocycles. The first-order valence-corrected chi connectivity index (χ1v) is 7.67. The minimum atomic E-state index is -0.279. The molecule has 2 aromatic heterocycles. The highest BCUT2D eigenvalue weighted by molar-refractivity contribution is 7.17. The van der Waals surface area contributed by atoms with Gasteiger partial charge in [0.2, 0.25) is 0 Å². The van der Waals surface area contributed by atoms with Crippen molar-refractivity contribution in [2.45, 2.75) is 6.42 Å². The fourth-order valence-corrected chi connectivity index (χ4v) is 3.41. The fourth-order valence-electron chi connectivity index (χ4n) is 1.76. The number of thiophene rings is 2. The van der Waals surface area contributed by atoms with Crippen molar-refractivity contribution in [3.8, 4) is 6.07 Å². The second-order valence-electron chi connectivity index (χ2n) is 4.00. The van der Waals surface area contributed by atoms with E-state index < -0.39 is 0 Å². The molecule has 7 heteroatoms. The van der Waals surface area contributed by atoms with Gasteiger partial charge in [0.15, 0.2) is 0 Å². The smallest absolute Gasteiger partial charge is 0.256 e. The molecule has 0 aliphatic rings. The Kier molecular flexibility index (Phi) is 4.61. The van der Waals surface area contributed by atoms with Crippen LogP contribution in [0.1, 0.15) is 20.1 Å². The van der Waals surface area contributed by atoms with Crippen molar-refractivity contribution in [3.05, 3.63) is 32.8 Å². The fraction of sp³-hybridized carbons (Fsp3) is 0.231. The first-order valence-electron chi connectivity index (χ1n) is 5.98. The molecule has 5 nitrogen and oxygen atoms in total. The molecule has 0 aliphatic heterocycles. The summed E-state index contributed by atoms with van der Waals surface area (Å²) in [5.41, 5.74) is 6.45. The lowest BCUT2D eigenvalue weighted by Gasteiger charge is -2.06. The van der Waals surface area contributed by atoms with Gasteiger partial charge in [-0.15, -0.1) is 22.7 Å². The second kappa shape index (κ2) is 6.41. The van der Waals surface area contributed by atoms with E-state index >= 15 is 0 Å². The van der Waals surface area contributed by atoms with E-state index in [0.29, 0.717) is 22.0 Å². The predicted octanol–water partition coefficient (Wildman–Crippen LogP) is 2.28. The van der Waals surface area contributed by atoms with Crippen molar-refractivity contribution in [3.63, 3.8) is 0 Å². The van der Waals surface area contributed by atoms with Gasteiger partial charge in [0.25, 0.3) is 5.91 Å². The number of nitrogens with one attached hydrogen (secondary N) is 2. The van der Waals surface area contributed by atoms with Crippen molar-refractivity contribution < 1.29 is 4.79 Å². The molecule has 104 valence electrons. The Balaban J connectivity index is 2.14. The second-order valence-corrected chi connectivity index (χ2v) is 6.05. The number of hydrogen-bond donors (Lipinski definition) is 3. The van der Waals surface area contributed by atoms with Gasteiger partial charge in [0, 0.05) is 18.5 Å². The molecule has 4 N–H and O–H groups in total. The third kappa shape index (κ3) is 2.92. The largest absolute Gasteiger partial charge is 0.396 e. The Labute approximate surface area is 125 Å². The van der Waals surface area contributed by atoms with Gasteiger partial charge in [-0.3, -0.25) is 4.79 Å². The van der Waals surface area contributed by atoms with Crippen LogP contribution in [0.3, 0.4) is 0 Å². The maximum absolute atomic E-state index is 11.8. The number of rotatable bonds is 5. The summed E-state index contributed by atoms with van der Waals surface area (Å²) in [4.78, 5) is 13.5. The summed E-state index contributed by atoms with van der Waals surface area (Å²) in [6.07, 6.45) is 0.866. The predicted molar refractivity (Wildman–Crippen MR) is 83.3 cm³/mol. The van der Waals surface area contributed by atoms with Gasteiger partial charge in [-0.1, -0.05) is 6.07 Å². The average molecular weight is 306 g/mol. The molecule has 2 heterocycles. The van der Waals surface area contributed by atoms with E-state index in [1.54, 1.807) is 18.4 Å². The van der Waals surface area contributed by atoms with E-state index in [9.17, 15) is 4.79 Å². The van der Waals surface area contributed by atoms with E-state index in [-0.39, 0.29) is 11.6 Å². The zero-order valence-electron chi connectivity index (χ0n) is 10.9. The molecule has 0 radical (unpaired) electrons. The summed E-state index contributed by atoms with van der Waals surface area (Å²) >= 11 is 2.91. The summed E-state index contributed by atoms with van der Waals surface area (Å²) in [6.45, 7) is 0.690. The number of hydrogen-bond acceptors (Lipinski definition) is 6. The molecule has 0 bridgehead atoms. The molecule has 0 aromatic carbocycles. The van der Waals surface area contributed by atoms with E-state index in [2.05, 4.69) is 16.7 Å². The summed E-state index contributed by atoms with van der Waals surface area (Å²) in [6, 6.07) is 6.09. The summed E-state index contributed by atoms with van der Waals surface area (Å²) in [5, 5.41) is 17.4. The van der Waals surface area contributed by atoms with Crippen LogP contribution in [0.5, 0.6) is 0 Å². The number of nitriles is 1. The Morgan fingerprint density at radius 3 is 2.95 bits per heavy atom. The highest BCUT2D eigenvalue weighted by atomic mass is 32.1. The number of nitrogens with two attached hydrogens (primary N) is 1. The zero-order chi connectivity index (χ0) is 14.5. The number of nitrogens with zero attached hydrogens (tertiary/aromatic N) is 1. The number of amides is 1. The number of nitrogen functional groups attached to an aromatic ring is 1. The first-order chi connectivity index (χ1) is 9.67. The van der Waals surface area contributed by atoms with Crippen LogP contribution in [-0.4, -0.2) is 19.5 Å². The third-order valence-electron chi connectivity index (χ3n) is 2.74. The SMILES string of the molecule is CNC(=O)c1c(NCCc2cccs2)sc(C#N)c1N. The van der Waals surface area contributed by atoms with Crippen LogP contribution in [0.4, 0.5) is 10.7 Å². The highest BCUT2D eigenvalue weighted by Crippen LogP contribution is 2.35. The lowest BCUT2D eigenvalue weighted by atomic mass is 10.2. The van der Waals surface area contributed by atoms with Crippen LogP contribution < -0.4 is 16.4 Å². The molecule has 0 aliphatic carbocycles. The normalized spacial score (nSPS) is 10.0. The molecule has 20 heavy (non-hydrogen) atoms. The summed E-state index contributed by atoms with van der Waals surface area (Å²) in [7, 11) is 1.54. The molecule has 1 amide bonds. The summed E-state index contributed by atoms with van der Waals surface area (Å²) in [5.74, 6) is -0.279. The standard InChI is InChI=1S/C13H14N4OS2/c1-16-12(18)10-11(15)9(7-14)20-13(10)17-5-4-8-3-2-6-19-8/h2-3,6,17H,4-5,15H2,1H3,(H,16,18). The molecule has 0 saturated carbocycles. The molecule has 0 fully saturated rings. The lowest BCUT2D eigenvalue weighted by Crippen LogP contribution is -2.20. The van der Waals surface area contributed by atoms with Crippen LogP contribution in [0.15, 0.2) is 17.5 Å². The van der Waals surface area contributed by atoms with Gasteiger partial charge in [0.05, 0.1) is 11.3 Å². The number of carbonyl (C=O) groups excluding carboxylic acids is 1. The quantitative estimate of drug-likeness (QED) is 0.790. The maximum atomic E-state index is 11.8. The molecule has 0 spiro atoms. The van der Waals surface area contributed by atoms with E-state index in [1.807, 2.05) is 17.5 Å². The first kappa shape index (κ1) is 14.4. The molecule has 2 rings (SSSR count). The van der Waals surface area contributed by atoms with Gasteiger partial charge >= 0.3 is 0 Å². The van der Waals surface area contributed by atoms with Gasteiger partial charge in [-0.05, 0) is 17.9 Å². The molecule has 2 aromatic rings. The summed E-state index contributed by atoms with van der Waals surface area (Å²) < 4.78 is 0. The van der Waals surface area contributed by atoms with Crippen LogP contribution >= 0.6 is 22.7 Å². The number of anilines is 2. The van der Waals surface area contributed by atoms with E-state index in [0.717, 1.165) is 6.42 Å². The van der Waals surface area contributed by atoms with Crippen molar-refractivity contribution >= 4 is 39.3 Å². The minimum absolute atomic E-state index is 0.246.